The second-order valence-electron chi connectivity index (χ2n) is 6.83. The first-order valence-electron chi connectivity index (χ1n) is 8.90. The molecule has 0 aliphatic rings. The summed E-state index contributed by atoms with van der Waals surface area (Å²) in [5.74, 6) is -1.05. The Morgan fingerprint density at radius 3 is 2.24 bits per heavy atom. The summed E-state index contributed by atoms with van der Waals surface area (Å²) in [6, 6.07) is 12.3. The Morgan fingerprint density at radius 2 is 1.66 bits per heavy atom. The van der Waals surface area contributed by atoms with E-state index in [-0.39, 0.29) is 5.56 Å². The van der Waals surface area contributed by atoms with Gasteiger partial charge in [0.05, 0.1) is 30.1 Å². The van der Waals surface area contributed by atoms with Gasteiger partial charge in [-0.1, -0.05) is 36.4 Å². The van der Waals surface area contributed by atoms with Crippen LogP contribution in [0.5, 0.6) is 0 Å². The van der Waals surface area contributed by atoms with E-state index < -0.39 is 28.4 Å². The zero-order valence-corrected chi connectivity index (χ0v) is 17.5. The number of sulfonamides is 1. The monoisotopic (exact) mass is 414 g/mol. The second-order valence-corrected chi connectivity index (χ2v) is 8.73. The highest BCUT2D eigenvalue weighted by Gasteiger charge is 2.26. The number of fused-ring (bicyclic) bond motifs is 1. The summed E-state index contributed by atoms with van der Waals surface area (Å²) in [5, 5.41) is 0.561. The molecule has 0 saturated carbocycles. The third-order valence-electron chi connectivity index (χ3n) is 4.75. The molecule has 0 bridgehead atoms. The van der Waals surface area contributed by atoms with Crippen LogP contribution >= 0.6 is 0 Å². The fraction of sp³-hybridized carbons (Fsp3) is 0.238. The average Bonchev–Trinajstić information content (AvgIpc) is 3.05. The van der Waals surface area contributed by atoms with Crippen molar-refractivity contribution in [2.75, 3.05) is 24.2 Å². The molecule has 0 atom stereocenters. The molecule has 8 heteroatoms. The number of anilines is 1. The highest BCUT2D eigenvalue weighted by atomic mass is 32.2. The number of esters is 1. The summed E-state index contributed by atoms with van der Waals surface area (Å²) in [6.45, 7) is 3.20. The molecule has 1 heterocycles. The molecule has 29 heavy (non-hydrogen) atoms. The number of aromatic nitrogens is 1. The van der Waals surface area contributed by atoms with Gasteiger partial charge in [0, 0.05) is 11.6 Å². The fourth-order valence-electron chi connectivity index (χ4n) is 3.42. The first kappa shape index (κ1) is 20.6. The Hall–Kier alpha value is -3.13. The van der Waals surface area contributed by atoms with Crippen LogP contribution in [0.25, 0.3) is 10.9 Å². The Balaban J connectivity index is 2.10. The molecule has 3 rings (SSSR count). The third-order valence-corrected chi connectivity index (χ3v) is 5.87. The first-order chi connectivity index (χ1) is 13.6. The van der Waals surface area contributed by atoms with E-state index in [2.05, 4.69) is 0 Å². The van der Waals surface area contributed by atoms with Crippen LogP contribution in [0.1, 0.15) is 26.3 Å². The smallest absolute Gasteiger partial charge is 0.340 e. The van der Waals surface area contributed by atoms with Gasteiger partial charge in [-0.2, -0.15) is 0 Å². The van der Waals surface area contributed by atoms with E-state index in [4.69, 9.17) is 4.74 Å². The number of benzene rings is 2. The maximum atomic E-state index is 13.1. The second kappa shape index (κ2) is 7.71. The maximum Gasteiger partial charge on any atom is 0.340 e. The van der Waals surface area contributed by atoms with Crippen LogP contribution in [-0.4, -0.2) is 44.8 Å². The van der Waals surface area contributed by atoms with E-state index in [1.165, 1.54) is 17.9 Å². The standard InChI is InChI=1S/C21H22N2O5S/c1-14-8-7-9-15(2)20(14)23(29(4,26)27)13-19(24)22-12-17(21(25)28-3)16-10-5-6-11-18(16)22/h5-12H,13H2,1-4H3. The van der Waals surface area contributed by atoms with Gasteiger partial charge >= 0.3 is 5.97 Å². The molecular formula is C21H22N2O5S. The first-order valence-corrected chi connectivity index (χ1v) is 10.8. The highest BCUT2D eigenvalue weighted by molar-refractivity contribution is 7.92. The number of nitrogens with zero attached hydrogens (tertiary/aromatic N) is 2. The Bertz CT molecular complexity index is 1190. The Labute approximate surface area is 169 Å². The van der Waals surface area contributed by atoms with Gasteiger partial charge in [-0.15, -0.1) is 0 Å². The largest absolute Gasteiger partial charge is 0.465 e. The van der Waals surface area contributed by atoms with Crippen molar-refractivity contribution in [3.05, 3.63) is 65.4 Å². The van der Waals surface area contributed by atoms with Crippen LogP contribution in [0.3, 0.4) is 0 Å². The van der Waals surface area contributed by atoms with Crippen LogP contribution in [0.15, 0.2) is 48.7 Å². The van der Waals surface area contributed by atoms with E-state index in [9.17, 15) is 18.0 Å². The topological polar surface area (TPSA) is 85.7 Å². The number of aryl methyl sites for hydroxylation is 2. The molecule has 2 aromatic carbocycles. The third kappa shape index (κ3) is 3.88. The Kier molecular flexibility index (Phi) is 5.48. The molecule has 152 valence electrons. The molecule has 0 unspecified atom stereocenters. The molecule has 1 aromatic heterocycles. The summed E-state index contributed by atoms with van der Waals surface area (Å²) < 4.78 is 32.2. The average molecular weight is 414 g/mol. The van der Waals surface area contributed by atoms with Gasteiger partial charge < -0.3 is 4.74 Å². The fourth-order valence-corrected chi connectivity index (χ4v) is 4.38. The van der Waals surface area contributed by atoms with E-state index in [0.717, 1.165) is 21.7 Å². The van der Waals surface area contributed by atoms with Crippen molar-refractivity contribution < 1.29 is 22.7 Å². The molecule has 3 aromatic rings. The van der Waals surface area contributed by atoms with Crippen molar-refractivity contribution in [2.45, 2.75) is 13.8 Å². The molecular weight excluding hydrogens is 392 g/mol. The number of methoxy groups -OCH3 is 1. The van der Waals surface area contributed by atoms with Gasteiger partial charge in [0.2, 0.25) is 10.0 Å². The highest BCUT2D eigenvalue weighted by Crippen LogP contribution is 2.28. The lowest BCUT2D eigenvalue weighted by atomic mass is 10.1. The van der Waals surface area contributed by atoms with E-state index >= 15 is 0 Å². The van der Waals surface area contributed by atoms with Gasteiger partial charge in [-0.25, -0.2) is 13.2 Å². The van der Waals surface area contributed by atoms with Crippen molar-refractivity contribution in [2.24, 2.45) is 0 Å². The van der Waals surface area contributed by atoms with Crippen LogP contribution in [0.2, 0.25) is 0 Å². The molecule has 0 aliphatic carbocycles. The van der Waals surface area contributed by atoms with Gasteiger partial charge in [0.25, 0.3) is 5.91 Å². The van der Waals surface area contributed by atoms with Crippen molar-refractivity contribution in [1.82, 2.24) is 4.57 Å². The predicted molar refractivity (Wildman–Crippen MR) is 112 cm³/mol. The normalized spacial score (nSPS) is 11.4. The minimum atomic E-state index is -3.73. The minimum Gasteiger partial charge on any atom is -0.465 e. The predicted octanol–water partition coefficient (Wildman–Crippen LogP) is 3.15. The Morgan fingerprint density at radius 1 is 1.03 bits per heavy atom. The lowest BCUT2D eigenvalue weighted by Gasteiger charge is -2.25. The van der Waals surface area contributed by atoms with Crippen molar-refractivity contribution in [3.8, 4) is 0 Å². The number of hydrogen-bond acceptors (Lipinski definition) is 5. The molecule has 0 spiro atoms. The van der Waals surface area contributed by atoms with Gasteiger partial charge in [0.15, 0.2) is 0 Å². The summed E-state index contributed by atoms with van der Waals surface area (Å²) in [5.41, 5.74) is 2.72. The van der Waals surface area contributed by atoms with E-state index in [1.54, 1.807) is 50.2 Å². The molecule has 0 amide bonds. The van der Waals surface area contributed by atoms with Gasteiger partial charge in [0.1, 0.15) is 6.54 Å². The van der Waals surface area contributed by atoms with Crippen LogP contribution in [-0.2, 0) is 14.8 Å². The molecule has 0 N–H and O–H groups in total. The number of rotatable bonds is 5. The van der Waals surface area contributed by atoms with Crippen molar-refractivity contribution >= 4 is 38.5 Å². The zero-order valence-electron chi connectivity index (χ0n) is 16.7. The van der Waals surface area contributed by atoms with Gasteiger partial charge in [-0.05, 0) is 31.0 Å². The van der Waals surface area contributed by atoms with Gasteiger partial charge in [-0.3, -0.25) is 13.7 Å². The summed E-state index contributed by atoms with van der Waals surface area (Å²) >= 11 is 0. The summed E-state index contributed by atoms with van der Waals surface area (Å²) in [6.07, 6.45) is 2.46. The minimum absolute atomic E-state index is 0.245. The number of para-hydroxylation sites is 2. The number of ether oxygens (including phenoxy) is 1. The SMILES string of the molecule is COC(=O)c1cn(C(=O)CN(c2c(C)cccc2C)S(C)(=O)=O)c2ccccc12. The number of carbonyl (C=O) groups is 2. The molecule has 0 radical (unpaired) electrons. The van der Waals surface area contributed by atoms with E-state index in [1.807, 2.05) is 6.07 Å². The zero-order chi connectivity index (χ0) is 21.3. The van der Waals surface area contributed by atoms with E-state index in [0.29, 0.717) is 16.6 Å². The number of hydrogen-bond donors (Lipinski definition) is 0. The molecule has 0 saturated heterocycles. The lowest BCUT2D eigenvalue weighted by molar-refractivity contribution is 0.0603. The van der Waals surface area contributed by atoms with Crippen LogP contribution in [0.4, 0.5) is 5.69 Å². The molecule has 0 aliphatic heterocycles. The molecule has 7 nitrogen and oxygen atoms in total. The quantitative estimate of drug-likeness (QED) is 0.599. The summed E-state index contributed by atoms with van der Waals surface area (Å²) in [7, 11) is -2.46. The number of carbonyl (C=O) groups excluding carboxylic acids is 2. The van der Waals surface area contributed by atoms with Crippen LogP contribution < -0.4 is 4.31 Å². The van der Waals surface area contributed by atoms with Crippen LogP contribution in [0, 0.1) is 13.8 Å². The molecule has 0 fully saturated rings. The summed E-state index contributed by atoms with van der Waals surface area (Å²) in [4.78, 5) is 25.2. The lowest BCUT2D eigenvalue weighted by Crippen LogP contribution is -2.37. The van der Waals surface area contributed by atoms with Crippen molar-refractivity contribution in [1.29, 1.82) is 0 Å². The van der Waals surface area contributed by atoms with Crippen molar-refractivity contribution in [3.63, 3.8) is 0 Å². The maximum absolute atomic E-state index is 13.1.